The number of aryl methyl sites for hydroxylation is 1. The van der Waals surface area contributed by atoms with Crippen molar-refractivity contribution < 1.29 is 18.3 Å². The number of hydrogen-bond donors (Lipinski definition) is 1. The summed E-state index contributed by atoms with van der Waals surface area (Å²) in [6, 6.07) is 3.74. The minimum Gasteiger partial charge on any atom is -0.396 e. The summed E-state index contributed by atoms with van der Waals surface area (Å²) in [5, 5.41) is 8.82. The van der Waals surface area contributed by atoms with Gasteiger partial charge in [-0.1, -0.05) is 6.07 Å². The van der Waals surface area contributed by atoms with Crippen molar-refractivity contribution in [3.05, 3.63) is 35.8 Å². The van der Waals surface area contributed by atoms with Gasteiger partial charge in [0.05, 0.1) is 18.4 Å². The minimum atomic E-state index is -4.26. The van der Waals surface area contributed by atoms with Gasteiger partial charge < -0.3 is 9.51 Å². The van der Waals surface area contributed by atoms with Crippen LogP contribution >= 0.6 is 0 Å². The van der Waals surface area contributed by atoms with Gasteiger partial charge in [0.15, 0.2) is 0 Å². The Morgan fingerprint density at radius 2 is 2.10 bits per heavy atom. The first-order valence-corrected chi connectivity index (χ1v) is 6.71. The van der Waals surface area contributed by atoms with Gasteiger partial charge in [-0.3, -0.25) is 4.90 Å². The Balaban J connectivity index is 2.19. The van der Waals surface area contributed by atoms with E-state index in [0.717, 1.165) is 5.56 Å². The molecular formula is C14H18F3N3O. The summed E-state index contributed by atoms with van der Waals surface area (Å²) in [4.78, 5) is 5.48. The van der Waals surface area contributed by atoms with E-state index in [0.29, 0.717) is 17.8 Å². The molecule has 1 N–H and O–H groups in total. The fourth-order valence-electron chi connectivity index (χ4n) is 2.25. The molecule has 0 atom stereocenters. The number of rotatable bonds is 6. The van der Waals surface area contributed by atoms with Crippen molar-refractivity contribution in [1.82, 2.24) is 14.3 Å². The topological polar surface area (TPSA) is 40.8 Å². The number of alkyl halides is 3. The van der Waals surface area contributed by atoms with Crippen LogP contribution in [0.3, 0.4) is 0 Å². The molecule has 0 aromatic carbocycles. The molecule has 0 saturated carbocycles. The lowest BCUT2D eigenvalue weighted by molar-refractivity contribution is -0.147. The predicted octanol–water partition coefficient (Wildman–Crippen LogP) is 2.39. The third kappa shape index (κ3) is 4.44. The second-order valence-corrected chi connectivity index (χ2v) is 5.09. The van der Waals surface area contributed by atoms with E-state index in [1.54, 1.807) is 10.6 Å². The maximum atomic E-state index is 12.6. The first-order valence-electron chi connectivity index (χ1n) is 6.71. The fourth-order valence-corrected chi connectivity index (χ4v) is 2.25. The van der Waals surface area contributed by atoms with Gasteiger partial charge in [-0.05, 0) is 25.0 Å². The Morgan fingerprint density at radius 1 is 1.33 bits per heavy atom. The molecule has 4 nitrogen and oxygen atoms in total. The minimum absolute atomic E-state index is 0.124. The van der Waals surface area contributed by atoms with E-state index in [9.17, 15) is 13.2 Å². The molecule has 0 saturated heterocycles. The van der Waals surface area contributed by atoms with E-state index >= 15 is 0 Å². The molecule has 0 aliphatic heterocycles. The molecule has 21 heavy (non-hydrogen) atoms. The summed E-state index contributed by atoms with van der Waals surface area (Å²) in [7, 11) is 0. The molecule has 0 spiro atoms. The quantitative estimate of drug-likeness (QED) is 0.890. The summed E-state index contributed by atoms with van der Waals surface area (Å²) in [5.74, 6) is 0. The van der Waals surface area contributed by atoms with E-state index in [1.165, 1.54) is 4.90 Å². The van der Waals surface area contributed by atoms with Crippen LogP contribution in [0.1, 0.15) is 17.7 Å². The Labute approximate surface area is 120 Å². The monoisotopic (exact) mass is 301 g/mol. The first-order chi connectivity index (χ1) is 9.89. The third-order valence-corrected chi connectivity index (χ3v) is 3.15. The Kier molecular flexibility index (Phi) is 4.84. The molecule has 2 aromatic rings. The van der Waals surface area contributed by atoms with Crippen LogP contribution < -0.4 is 0 Å². The summed E-state index contributed by atoms with van der Waals surface area (Å²) >= 11 is 0. The molecule has 2 aromatic heterocycles. The molecule has 0 fully saturated rings. The Bertz CT molecular complexity index is 595. The molecule has 0 amide bonds. The summed E-state index contributed by atoms with van der Waals surface area (Å²) < 4.78 is 39.6. The highest BCUT2D eigenvalue weighted by Gasteiger charge is 2.30. The molecule has 2 heterocycles. The highest BCUT2D eigenvalue weighted by molar-refractivity contribution is 5.41. The summed E-state index contributed by atoms with van der Waals surface area (Å²) in [5.41, 5.74) is 2.43. The molecule has 2 rings (SSSR count). The lowest BCUT2D eigenvalue weighted by atomic mass is 10.3. The van der Waals surface area contributed by atoms with Crippen LogP contribution in [0, 0.1) is 6.92 Å². The summed E-state index contributed by atoms with van der Waals surface area (Å²) in [6.45, 7) is 1.13. The van der Waals surface area contributed by atoms with Crippen LogP contribution in [0.2, 0.25) is 0 Å². The maximum Gasteiger partial charge on any atom is 0.401 e. The smallest absolute Gasteiger partial charge is 0.396 e. The van der Waals surface area contributed by atoms with Gasteiger partial charge >= 0.3 is 6.18 Å². The zero-order chi connectivity index (χ0) is 15.5. The van der Waals surface area contributed by atoms with Crippen LogP contribution in [0.5, 0.6) is 0 Å². The normalized spacial score (nSPS) is 12.5. The Hall–Kier alpha value is -1.60. The third-order valence-electron chi connectivity index (χ3n) is 3.15. The zero-order valence-electron chi connectivity index (χ0n) is 11.8. The van der Waals surface area contributed by atoms with E-state index in [1.807, 2.05) is 25.3 Å². The van der Waals surface area contributed by atoms with Gasteiger partial charge in [-0.25, -0.2) is 4.98 Å². The molecule has 7 heteroatoms. The molecule has 0 aliphatic carbocycles. The van der Waals surface area contributed by atoms with E-state index < -0.39 is 12.7 Å². The first kappa shape index (κ1) is 15.8. The standard InChI is InChI=1S/C14H18F3N3O/c1-11-3-4-13-18-7-12(20(13)8-11)9-19(5-2-6-21)10-14(15,16)17/h3-4,7-8,21H,2,5-6,9-10H2,1H3. The van der Waals surface area contributed by atoms with E-state index in [2.05, 4.69) is 4.98 Å². The molecule has 0 aliphatic rings. The highest BCUT2D eigenvalue weighted by Crippen LogP contribution is 2.19. The van der Waals surface area contributed by atoms with Gasteiger partial charge in [0.2, 0.25) is 0 Å². The lowest BCUT2D eigenvalue weighted by Gasteiger charge is -2.23. The molecule has 116 valence electrons. The zero-order valence-corrected chi connectivity index (χ0v) is 11.8. The van der Waals surface area contributed by atoms with Crippen LogP contribution in [0.25, 0.3) is 5.65 Å². The molecule has 0 radical (unpaired) electrons. The fraction of sp³-hybridized carbons (Fsp3) is 0.500. The van der Waals surface area contributed by atoms with Crippen LogP contribution in [0.15, 0.2) is 24.5 Å². The van der Waals surface area contributed by atoms with Crippen molar-refractivity contribution in [1.29, 1.82) is 0 Å². The number of hydrogen-bond acceptors (Lipinski definition) is 3. The van der Waals surface area contributed by atoms with Crippen molar-refractivity contribution >= 4 is 5.65 Å². The van der Waals surface area contributed by atoms with Gasteiger partial charge in [0.25, 0.3) is 0 Å². The highest BCUT2D eigenvalue weighted by atomic mass is 19.4. The number of aliphatic hydroxyl groups is 1. The number of pyridine rings is 1. The van der Waals surface area contributed by atoms with Crippen LogP contribution in [-0.4, -0.2) is 45.3 Å². The number of fused-ring (bicyclic) bond motifs is 1. The largest absolute Gasteiger partial charge is 0.401 e. The van der Waals surface area contributed by atoms with Crippen molar-refractivity contribution in [3.63, 3.8) is 0 Å². The van der Waals surface area contributed by atoms with Crippen molar-refractivity contribution in [3.8, 4) is 0 Å². The summed E-state index contributed by atoms with van der Waals surface area (Å²) in [6.07, 6.45) is -0.496. The Morgan fingerprint density at radius 3 is 2.76 bits per heavy atom. The van der Waals surface area contributed by atoms with Crippen molar-refractivity contribution in [2.24, 2.45) is 0 Å². The van der Waals surface area contributed by atoms with Gasteiger partial charge in [-0.15, -0.1) is 0 Å². The predicted molar refractivity (Wildman–Crippen MR) is 73.0 cm³/mol. The number of imidazole rings is 1. The SMILES string of the molecule is Cc1ccc2ncc(CN(CCCO)CC(F)(F)F)n2c1. The number of halogens is 3. The lowest BCUT2D eigenvalue weighted by Crippen LogP contribution is -2.35. The second kappa shape index (κ2) is 6.44. The van der Waals surface area contributed by atoms with Crippen molar-refractivity contribution in [2.75, 3.05) is 19.7 Å². The van der Waals surface area contributed by atoms with Crippen molar-refractivity contribution in [2.45, 2.75) is 26.1 Å². The van der Waals surface area contributed by atoms with Gasteiger partial charge in [0, 0.05) is 25.9 Å². The average Bonchev–Trinajstić information content (AvgIpc) is 2.77. The van der Waals surface area contributed by atoms with Crippen LogP contribution in [-0.2, 0) is 6.54 Å². The molecule has 0 unspecified atom stereocenters. The van der Waals surface area contributed by atoms with Gasteiger partial charge in [0.1, 0.15) is 5.65 Å². The van der Waals surface area contributed by atoms with Crippen LogP contribution in [0.4, 0.5) is 13.2 Å². The van der Waals surface area contributed by atoms with E-state index in [-0.39, 0.29) is 19.7 Å². The number of aliphatic hydroxyl groups excluding tert-OH is 1. The van der Waals surface area contributed by atoms with E-state index in [4.69, 9.17) is 5.11 Å². The number of aromatic nitrogens is 2. The molecular weight excluding hydrogens is 283 g/mol. The number of nitrogens with zero attached hydrogens (tertiary/aromatic N) is 3. The maximum absolute atomic E-state index is 12.6. The second-order valence-electron chi connectivity index (χ2n) is 5.09. The molecule has 0 bridgehead atoms. The van der Waals surface area contributed by atoms with Gasteiger partial charge in [-0.2, -0.15) is 13.2 Å². The average molecular weight is 301 g/mol.